The van der Waals surface area contributed by atoms with E-state index in [0.717, 1.165) is 15.7 Å². The second kappa shape index (κ2) is 6.62. The molecule has 0 fully saturated rings. The molecule has 2 aromatic carbocycles. The van der Waals surface area contributed by atoms with Crippen LogP contribution in [0.2, 0.25) is 0 Å². The Morgan fingerprint density at radius 1 is 1.05 bits per heavy atom. The fourth-order valence-electron chi connectivity index (χ4n) is 2.18. The van der Waals surface area contributed by atoms with Gasteiger partial charge in [-0.25, -0.2) is 4.57 Å². The van der Waals surface area contributed by atoms with Crippen LogP contribution in [0.4, 0.5) is 0 Å². The lowest BCUT2D eigenvalue weighted by Gasteiger charge is -2.01. The Hall–Kier alpha value is -2.33. The highest BCUT2D eigenvalue weighted by Crippen LogP contribution is 2.19. The second-order valence-electron chi connectivity index (χ2n) is 4.92. The first-order valence-corrected chi connectivity index (χ1v) is 7.71. The van der Waals surface area contributed by atoms with Gasteiger partial charge < -0.3 is 0 Å². The fourth-order valence-corrected chi connectivity index (χ4v) is 2.58. The molecule has 1 aromatic heterocycles. The second-order valence-corrected chi connectivity index (χ2v) is 5.83. The molecule has 0 unspecified atom stereocenters. The molecule has 0 radical (unpaired) electrons. The summed E-state index contributed by atoms with van der Waals surface area (Å²) in [5, 5.41) is 0. The van der Waals surface area contributed by atoms with Crippen molar-refractivity contribution in [2.75, 3.05) is 0 Å². The molecule has 1 heterocycles. The third-order valence-corrected chi connectivity index (χ3v) is 3.80. The van der Waals surface area contributed by atoms with Crippen LogP contribution in [0.15, 0.2) is 77.7 Å². The number of Topliss-reactive ketones (excluding diaryl/α,β-unsaturated/α-hetero) is 1. The lowest BCUT2D eigenvalue weighted by molar-refractivity contribution is -0.686. The molecule has 0 aliphatic rings. The number of nitrogens with zero attached hydrogens (tertiary/aromatic N) is 2. The molecule has 4 heteroatoms. The van der Waals surface area contributed by atoms with E-state index in [4.69, 9.17) is 0 Å². The van der Waals surface area contributed by atoms with Gasteiger partial charge in [-0.2, -0.15) is 0 Å². The van der Waals surface area contributed by atoms with Crippen LogP contribution >= 0.6 is 15.9 Å². The molecular weight excluding hydrogens is 340 g/mol. The van der Waals surface area contributed by atoms with E-state index in [0.29, 0.717) is 5.56 Å². The third kappa shape index (κ3) is 3.46. The number of halogens is 1. The van der Waals surface area contributed by atoms with Crippen molar-refractivity contribution in [2.24, 2.45) is 0 Å². The lowest BCUT2D eigenvalue weighted by atomic mass is 10.1. The number of hydrogen-bond acceptors (Lipinski definition) is 2. The number of hydrogen-bond donors (Lipinski definition) is 0. The Morgan fingerprint density at radius 3 is 2.55 bits per heavy atom. The minimum atomic E-state index is 0.0719. The largest absolute Gasteiger partial charge is 0.290 e. The highest BCUT2D eigenvalue weighted by atomic mass is 79.9. The van der Waals surface area contributed by atoms with Gasteiger partial charge in [0.25, 0.3) is 6.33 Å². The van der Waals surface area contributed by atoms with Gasteiger partial charge in [0.15, 0.2) is 12.2 Å². The van der Waals surface area contributed by atoms with E-state index >= 15 is 0 Å². The van der Waals surface area contributed by atoms with Crippen LogP contribution in [0.25, 0.3) is 11.3 Å². The van der Waals surface area contributed by atoms with Crippen LogP contribution in [0, 0.1) is 0 Å². The maximum atomic E-state index is 12.2. The standard InChI is InChI=1S/C18H14BrN2O/c19-16-8-4-7-15(11-16)17-9-10-21(13-20-17)12-18(22)14-5-2-1-3-6-14/h1-11,13H,12H2/q+1. The van der Waals surface area contributed by atoms with Crippen molar-refractivity contribution >= 4 is 21.7 Å². The van der Waals surface area contributed by atoms with Gasteiger partial charge in [0.05, 0.1) is 6.20 Å². The average Bonchev–Trinajstić information content (AvgIpc) is 2.56. The van der Waals surface area contributed by atoms with Crippen LogP contribution in [0.5, 0.6) is 0 Å². The SMILES string of the molecule is O=C(C[n+]1ccc(-c2cccc(Br)c2)nc1)c1ccccc1. The summed E-state index contributed by atoms with van der Waals surface area (Å²) in [5.41, 5.74) is 2.63. The van der Waals surface area contributed by atoms with E-state index < -0.39 is 0 Å². The first kappa shape index (κ1) is 14.6. The van der Waals surface area contributed by atoms with Gasteiger partial charge in [0.2, 0.25) is 5.78 Å². The fraction of sp³-hybridized carbons (Fsp3) is 0.0556. The molecule has 0 aliphatic heterocycles. The molecule has 3 nitrogen and oxygen atoms in total. The third-order valence-electron chi connectivity index (χ3n) is 3.31. The minimum absolute atomic E-state index is 0.0719. The predicted molar refractivity (Wildman–Crippen MR) is 88.3 cm³/mol. The van der Waals surface area contributed by atoms with Gasteiger partial charge in [-0.3, -0.25) is 4.79 Å². The molecule has 0 bridgehead atoms. The van der Waals surface area contributed by atoms with E-state index in [1.54, 1.807) is 10.9 Å². The molecule has 3 rings (SSSR count). The summed E-state index contributed by atoms with van der Waals surface area (Å²) in [6.07, 6.45) is 3.57. The van der Waals surface area contributed by atoms with Crippen molar-refractivity contribution in [3.8, 4) is 11.3 Å². The Morgan fingerprint density at radius 2 is 1.86 bits per heavy atom. The summed E-state index contributed by atoms with van der Waals surface area (Å²) >= 11 is 3.45. The summed E-state index contributed by atoms with van der Waals surface area (Å²) in [6, 6.07) is 19.2. The zero-order chi connectivity index (χ0) is 15.4. The average molecular weight is 354 g/mol. The van der Waals surface area contributed by atoms with Gasteiger partial charge in [-0.1, -0.05) is 58.4 Å². The molecule has 0 atom stereocenters. The van der Waals surface area contributed by atoms with E-state index in [1.807, 2.05) is 66.9 Å². The summed E-state index contributed by atoms with van der Waals surface area (Å²) in [5.74, 6) is 0.0719. The zero-order valence-corrected chi connectivity index (χ0v) is 13.4. The van der Waals surface area contributed by atoms with E-state index in [-0.39, 0.29) is 12.3 Å². The first-order valence-electron chi connectivity index (χ1n) is 6.92. The van der Waals surface area contributed by atoms with Crippen molar-refractivity contribution in [1.29, 1.82) is 0 Å². The quantitative estimate of drug-likeness (QED) is 0.529. The number of benzene rings is 2. The Bertz CT molecular complexity index is 786. The molecule has 0 amide bonds. The van der Waals surface area contributed by atoms with Crippen molar-refractivity contribution in [1.82, 2.24) is 4.98 Å². The van der Waals surface area contributed by atoms with Crippen LogP contribution in [0.3, 0.4) is 0 Å². The monoisotopic (exact) mass is 353 g/mol. The molecule has 3 aromatic rings. The number of rotatable bonds is 4. The first-order chi connectivity index (χ1) is 10.7. The highest BCUT2D eigenvalue weighted by Gasteiger charge is 2.11. The predicted octanol–water partition coefficient (Wildman–Crippen LogP) is 3.68. The van der Waals surface area contributed by atoms with Crippen LogP contribution in [-0.2, 0) is 6.54 Å². The van der Waals surface area contributed by atoms with Gasteiger partial charge >= 0.3 is 0 Å². The summed E-state index contributed by atoms with van der Waals surface area (Å²) in [4.78, 5) is 16.6. The van der Waals surface area contributed by atoms with Crippen LogP contribution < -0.4 is 4.57 Å². The van der Waals surface area contributed by atoms with E-state index in [2.05, 4.69) is 20.9 Å². The molecule has 0 aliphatic carbocycles. The maximum absolute atomic E-state index is 12.2. The molecule has 0 saturated heterocycles. The van der Waals surface area contributed by atoms with Crippen LogP contribution in [-0.4, -0.2) is 10.8 Å². The molecule has 108 valence electrons. The Kier molecular flexibility index (Phi) is 4.39. The smallest absolute Gasteiger partial charge is 0.287 e. The van der Waals surface area contributed by atoms with Crippen molar-refractivity contribution in [2.45, 2.75) is 6.54 Å². The minimum Gasteiger partial charge on any atom is -0.290 e. The van der Waals surface area contributed by atoms with E-state index in [1.165, 1.54) is 0 Å². The zero-order valence-electron chi connectivity index (χ0n) is 11.8. The number of aromatic nitrogens is 2. The van der Waals surface area contributed by atoms with Gasteiger partial charge in [-0.05, 0) is 17.1 Å². The van der Waals surface area contributed by atoms with Crippen molar-refractivity contribution in [3.05, 3.63) is 83.2 Å². The van der Waals surface area contributed by atoms with Gasteiger partial charge in [-0.15, -0.1) is 0 Å². The molecule has 22 heavy (non-hydrogen) atoms. The molecule has 0 N–H and O–H groups in total. The van der Waals surface area contributed by atoms with Crippen LogP contribution in [0.1, 0.15) is 10.4 Å². The number of carbonyl (C=O) groups excluding carboxylic acids is 1. The topological polar surface area (TPSA) is 33.8 Å². The molecular formula is C18H14BrN2O+. The summed E-state index contributed by atoms with van der Waals surface area (Å²) in [7, 11) is 0. The molecule has 0 spiro atoms. The molecule has 0 saturated carbocycles. The summed E-state index contributed by atoms with van der Waals surface area (Å²) in [6.45, 7) is 0.287. The highest BCUT2D eigenvalue weighted by molar-refractivity contribution is 9.10. The lowest BCUT2D eigenvalue weighted by Crippen LogP contribution is -2.37. The Balaban J connectivity index is 1.76. The normalized spacial score (nSPS) is 10.4. The summed E-state index contributed by atoms with van der Waals surface area (Å²) < 4.78 is 2.80. The maximum Gasteiger partial charge on any atom is 0.287 e. The van der Waals surface area contributed by atoms with Gasteiger partial charge in [0.1, 0.15) is 0 Å². The van der Waals surface area contributed by atoms with Crippen molar-refractivity contribution < 1.29 is 9.36 Å². The van der Waals surface area contributed by atoms with E-state index in [9.17, 15) is 4.79 Å². The number of ketones is 1. The Labute approximate surface area is 137 Å². The number of carbonyl (C=O) groups is 1. The van der Waals surface area contributed by atoms with Gasteiger partial charge in [0, 0.05) is 21.7 Å². The van der Waals surface area contributed by atoms with Crippen molar-refractivity contribution in [3.63, 3.8) is 0 Å².